The molecule has 1 fully saturated rings. The van der Waals surface area contributed by atoms with Gasteiger partial charge >= 0.3 is 5.97 Å². The minimum atomic E-state index is -2.85. The van der Waals surface area contributed by atoms with Crippen molar-refractivity contribution in [1.29, 1.82) is 0 Å². The van der Waals surface area contributed by atoms with Crippen molar-refractivity contribution in [2.24, 2.45) is 0 Å². The Bertz CT molecular complexity index is 522. The lowest BCUT2D eigenvalue weighted by atomic mass is 10.1. The fourth-order valence-electron chi connectivity index (χ4n) is 1.92. The van der Waals surface area contributed by atoms with E-state index >= 15 is 0 Å². The van der Waals surface area contributed by atoms with Crippen LogP contribution >= 0.6 is 0 Å². The molecule has 1 N–H and O–H groups in total. The maximum atomic E-state index is 11.3. The van der Waals surface area contributed by atoms with E-state index in [1.807, 2.05) is 0 Å². The molecule has 2 rings (SSSR count). The highest BCUT2D eigenvalue weighted by Crippen LogP contribution is 2.11. The van der Waals surface area contributed by atoms with E-state index in [0.717, 1.165) is 5.56 Å². The van der Waals surface area contributed by atoms with Crippen molar-refractivity contribution in [3.63, 3.8) is 0 Å². The van der Waals surface area contributed by atoms with Gasteiger partial charge in [-0.25, -0.2) is 13.2 Å². The van der Waals surface area contributed by atoms with Crippen molar-refractivity contribution < 1.29 is 18.3 Å². The van der Waals surface area contributed by atoms with Crippen molar-refractivity contribution in [1.82, 2.24) is 4.90 Å². The molecule has 0 unspecified atom stereocenters. The summed E-state index contributed by atoms with van der Waals surface area (Å²) in [5.74, 6) is -0.522. The third-order valence-corrected chi connectivity index (χ3v) is 4.65. The number of carbonyl (C=O) groups is 1. The van der Waals surface area contributed by atoms with Crippen molar-refractivity contribution >= 4 is 15.8 Å². The second-order valence-electron chi connectivity index (χ2n) is 4.43. The van der Waals surface area contributed by atoms with Gasteiger partial charge in [0.1, 0.15) is 0 Å². The van der Waals surface area contributed by atoms with E-state index in [1.54, 1.807) is 24.3 Å². The Kier molecular flexibility index (Phi) is 3.68. The molecule has 0 saturated carbocycles. The van der Waals surface area contributed by atoms with Crippen LogP contribution in [0.1, 0.15) is 15.9 Å². The summed E-state index contributed by atoms with van der Waals surface area (Å²) in [6.45, 7) is 1.75. The van der Waals surface area contributed by atoms with Crippen molar-refractivity contribution in [2.75, 3.05) is 24.6 Å². The molecule has 18 heavy (non-hydrogen) atoms. The van der Waals surface area contributed by atoms with Gasteiger partial charge in [0, 0.05) is 19.6 Å². The van der Waals surface area contributed by atoms with E-state index in [4.69, 9.17) is 5.11 Å². The van der Waals surface area contributed by atoms with Gasteiger partial charge in [0.2, 0.25) is 0 Å². The van der Waals surface area contributed by atoms with E-state index in [1.165, 1.54) is 0 Å². The van der Waals surface area contributed by atoms with Gasteiger partial charge in [0.15, 0.2) is 9.84 Å². The highest BCUT2D eigenvalue weighted by Gasteiger charge is 2.21. The molecule has 5 nitrogen and oxygen atoms in total. The first-order valence-electron chi connectivity index (χ1n) is 5.71. The molecular formula is C12H15NO4S. The maximum absolute atomic E-state index is 11.3. The molecule has 1 heterocycles. The highest BCUT2D eigenvalue weighted by atomic mass is 32.2. The molecule has 1 aromatic carbocycles. The van der Waals surface area contributed by atoms with Crippen LogP contribution in [0.5, 0.6) is 0 Å². The number of nitrogens with zero attached hydrogens (tertiary/aromatic N) is 1. The number of carboxylic acids is 1. The zero-order valence-corrected chi connectivity index (χ0v) is 10.7. The van der Waals surface area contributed by atoms with E-state index in [2.05, 4.69) is 4.90 Å². The molecular weight excluding hydrogens is 254 g/mol. The third kappa shape index (κ3) is 3.30. The topological polar surface area (TPSA) is 74.7 Å². The molecule has 0 bridgehead atoms. The molecule has 1 aliphatic heterocycles. The second kappa shape index (κ2) is 5.07. The largest absolute Gasteiger partial charge is 0.478 e. The van der Waals surface area contributed by atoms with Crippen LogP contribution in [0.15, 0.2) is 24.3 Å². The van der Waals surface area contributed by atoms with Gasteiger partial charge in [0.05, 0.1) is 17.1 Å². The number of carboxylic acid groups (broad SMARTS) is 1. The Labute approximate surface area is 106 Å². The average Bonchev–Trinajstić information content (AvgIpc) is 2.33. The van der Waals surface area contributed by atoms with Crippen LogP contribution in [-0.4, -0.2) is 49.0 Å². The number of sulfone groups is 1. The first-order valence-corrected chi connectivity index (χ1v) is 7.53. The molecule has 0 radical (unpaired) electrons. The summed E-state index contributed by atoms with van der Waals surface area (Å²) in [4.78, 5) is 12.8. The van der Waals surface area contributed by atoms with Crippen LogP contribution in [0, 0.1) is 0 Å². The van der Waals surface area contributed by atoms with Crippen LogP contribution in [0.2, 0.25) is 0 Å². The maximum Gasteiger partial charge on any atom is 0.335 e. The van der Waals surface area contributed by atoms with Gasteiger partial charge in [-0.3, -0.25) is 4.90 Å². The van der Waals surface area contributed by atoms with E-state index in [0.29, 0.717) is 19.6 Å². The van der Waals surface area contributed by atoms with Crippen LogP contribution in [0.3, 0.4) is 0 Å². The Hall–Kier alpha value is -1.40. The smallest absolute Gasteiger partial charge is 0.335 e. The van der Waals surface area contributed by atoms with Gasteiger partial charge < -0.3 is 5.11 Å². The summed E-state index contributed by atoms with van der Waals surface area (Å²) in [5, 5.41) is 8.78. The number of hydrogen-bond donors (Lipinski definition) is 1. The predicted molar refractivity (Wildman–Crippen MR) is 67.3 cm³/mol. The summed E-state index contributed by atoms with van der Waals surface area (Å²) in [5.41, 5.74) is 1.26. The standard InChI is InChI=1S/C12H15NO4S/c14-12(15)11-3-1-10(2-4-11)9-13-5-7-18(16,17)8-6-13/h1-4H,5-9H2,(H,14,15). The van der Waals surface area contributed by atoms with Gasteiger partial charge in [-0.05, 0) is 17.7 Å². The average molecular weight is 269 g/mol. The number of aromatic carboxylic acids is 1. The minimum absolute atomic E-state index is 0.209. The summed E-state index contributed by atoms with van der Waals surface area (Å²) >= 11 is 0. The molecule has 1 aliphatic rings. The molecule has 0 aliphatic carbocycles. The Morgan fingerprint density at radius 2 is 1.72 bits per heavy atom. The Balaban J connectivity index is 1.96. The summed E-state index contributed by atoms with van der Waals surface area (Å²) in [6, 6.07) is 6.68. The van der Waals surface area contributed by atoms with E-state index in [-0.39, 0.29) is 17.1 Å². The first-order chi connectivity index (χ1) is 8.46. The molecule has 0 aromatic heterocycles. The Morgan fingerprint density at radius 3 is 2.22 bits per heavy atom. The monoisotopic (exact) mass is 269 g/mol. The van der Waals surface area contributed by atoms with Crippen LogP contribution in [0.4, 0.5) is 0 Å². The second-order valence-corrected chi connectivity index (χ2v) is 6.73. The SMILES string of the molecule is O=C(O)c1ccc(CN2CCS(=O)(=O)CC2)cc1. The first kappa shape index (κ1) is 13.0. The van der Waals surface area contributed by atoms with Gasteiger partial charge in [-0.2, -0.15) is 0 Å². The quantitative estimate of drug-likeness (QED) is 0.870. The molecule has 1 aromatic rings. The molecule has 0 spiro atoms. The lowest BCUT2D eigenvalue weighted by Gasteiger charge is -2.26. The van der Waals surface area contributed by atoms with E-state index in [9.17, 15) is 13.2 Å². The normalized spacial score (nSPS) is 19.6. The highest BCUT2D eigenvalue weighted by molar-refractivity contribution is 7.91. The van der Waals surface area contributed by atoms with E-state index < -0.39 is 15.8 Å². The summed E-state index contributed by atoms with van der Waals surface area (Å²) < 4.78 is 22.6. The fourth-order valence-corrected chi connectivity index (χ4v) is 3.20. The molecule has 0 atom stereocenters. The predicted octanol–water partition coefficient (Wildman–Crippen LogP) is 0.615. The lowest BCUT2D eigenvalue weighted by molar-refractivity contribution is 0.0697. The number of hydrogen-bond acceptors (Lipinski definition) is 4. The summed E-state index contributed by atoms with van der Waals surface area (Å²) in [6.07, 6.45) is 0. The molecule has 1 saturated heterocycles. The zero-order chi connectivity index (χ0) is 13.2. The lowest BCUT2D eigenvalue weighted by Crippen LogP contribution is -2.39. The van der Waals surface area contributed by atoms with Gasteiger partial charge in [-0.1, -0.05) is 12.1 Å². The molecule has 0 amide bonds. The summed E-state index contributed by atoms with van der Waals surface area (Å²) in [7, 11) is -2.85. The Morgan fingerprint density at radius 1 is 1.17 bits per heavy atom. The minimum Gasteiger partial charge on any atom is -0.478 e. The van der Waals surface area contributed by atoms with Crippen LogP contribution < -0.4 is 0 Å². The van der Waals surface area contributed by atoms with Crippen LogP contribution in [0.25, 0.3) is 0 Å². The third-order valence-electron chi connectivity index (χ3n) is 3.04. The molecule has 98 valence electrons. The van der Waals surface area contributed by atoms with Crippen LogP contribution in [-0.2, 0) is 16.4 Å². The van der Waals surface area contributed by atoms with Crippen molar-refractivity contribution in [3.8, 4) is 0 Å². The number of rotatable bonds is 3. The zero-order valence-electron chi connectivity index (χ0n) is 9.87. The fraction of sp³-hybridized carbons (Fsp3) is 0.417. The van der Waals surface area contributed by atoms with Gasteiger partial charge in [0.25, 0.3) is 0 Å². The number of benzene rings is 1. The molecule has 6 heteroatoms. The van der Waals surface area contributed by atoms with Gasteiger partial charge in [-0.15, -0.1) is 0 Å². The van der Waals surface area contributed by atoms with Crippen molar-refractivity contribution in [3.05, 3.63) is 35.4 Å². The van der Waals surface area contributed by atoms with Crippen molar-refractivity contribution in [2.45, 2.75) is 6.54 Å².